The zero-order valence-corrected chi connectivity index (χ0v) is 18.9. The molecule has 0 spiro atoms. The molecule has 0 aliphatic rings. The van der Waals surface area contributed by atoms with E-state index < -0.39 is 27.5 Å². The second-order valence-corrected chi connectivity index (χ2v) is 9.75. The highest BCUT2D eigenvalue weighted by Crippen LogP contribution is 2.38. The summed E-state index contributed by atoms with van der Waals surface area (Å²) in [6.07, 6.45) is -2.15. The molecule has 0 N–H and O–H groups in total. The van der Waals surface area contributed by atoms with Crippen LogP contribution in [0.2, 0.25) is 0 Å². The van der Waals surface area contributed by atoms with Crippen molar-refractivity contribution in [2.45, 2.75) is 18.0 Å². The second kappa shape index (κ2) is 8.57. The summed E-state index contributed by atoms with van der Waals surface area (Å²) in [6, 6.07) is 15.7. The van der Waals surface area contributed by atoms with E-state index in [1.165, 1.54) is 42.6 Å². The van der Waals surface area contributed by atoms with Crippen molar-refractivity contribution in [2.24, 2.45) is 0 Å². The Bertz CT molecular complexity index is 1530. The Kier molecular flexibility index (Phi) is 5.91. The molecule has 4 aromatic rings. The molecule has 0 fully saturated rings. The first kappa shape index (κ1) is 23.4. The lowest BCUT2D eigenvalue weighted by atomic mass is 9.95. The van der Waals surface area contributed by atoms with Crippen LogP contribution in [0.1, 0.15) is 21.5 Å². The number of esters is 1. The highest BCUT2D eigenvalue weighted by molar-refractivity contribution is 7.90. The van der Waals surface area contributed by atoms with E-state index in [1.54, 1.807) is 31.2 Å². The van der Waals surface area contributed by atoms with Crippen molar-refractivity contribution in [1.29, 1.82) is 0 Å². The molecule has 0 aliphatic heterocycles. The van der Waals surface area contributed by atoms with Crippen LogP contribution in [-0.4, -0.2) is 25.6 Å². The maximum absolute atomic E-state index is 13.5. The van der Waals surface area contributed by atoms with Crippen LogP contribution in [-0.2, 0) is 16.0 Å². The van der Waals surface area contributed by atoms with E-state index in [-0.39, 0.29) is 21.7 Å². The molecule has 0 saturated heterocycles. The van der Waals surface area contributed by atoms with Crippen LogP contribution in [0.5, 0.6) is 5.75 Å². The minimum Gasteiger partial charge on any atom is -0.423 e. The summed E-state index contributed by atoms with van der Waals surface area (Å²) < 4.78 is 69.4. The smallest absolute Gasteiger partial charge is 0.418 e. The number of carbonyl (C=O) groups is 1. The van der Waals surface area contributed by atoms with Gasteiger partial charge in [-0.15, -0.1) is 0 Å². The first-order valence-electron chi connectivity index (χ1n) is 10.0. The number of para-hydroxylation sites is 1. The fraction of sp³-hybridized carbons (Fsp3) is 0.120. The fourth-order valence-electron chi connectivity index (χ4n) is 3.67. The average Bonchev–Trinajstić information content (AvgIpc) is 2.77. The lowest BCUT2D eigenvalue weighted by Gasteiger charge is -2.15. The van der Waals surface area contributed by atoms with Crippen LogP contribution >= 0.6 is 0 Å². The maximum Gasteiger partial charge on any atom is 0.418 e. The van der Waals surface area contributed by atoms with Gasteiger partial charge in [-0.1, -0.05) is 30.3 Å². The molecule has 3 aromatic carbocycles. The van der Waals surface area contributed by atoms with E-state index in [4.69, 9.17) is 4.74 Å². The number of aromatic nitrogens is 1. The molecule has 34 heavy (non-hydrogen) atoms. The van der Waals surface area contributed by atoms with Gasteiger partial charge < -0.3 is 4.74 Å². The molecule has 0 radical (unpaired) electrons. The summed E-state index contributed by atoms with van der Waals surface area (Å²) in [6.45, 7) is 1.73. The standard InChI is InChI=1S/C25H18F3NO4S/c1-15-14-29-23-20(10-5-11-21(23)25(26,27)28)22(15)16-6-3-8-18(12-16)33-24(30)17-7-4-9-19(13-17)34(2,31)32/h3-14H,1-2H3. The van der Waals surface area contributed by atoms with Crippen molar-refractivity contribution in [3.8, 4) is 16.9 Å². The predicted molar refractivity (Wildman–Crippen MR) is 121 cm³/mol. The monoisotopic (exact) mass is 485 g/mol. The number of halogens is 3. The number of aryl methyl sites for hydroxylation is 1. The van der Waals surface area contributed by atoms with Crippen LogP contribution in [0.3, 0.4) is 0 Å². The lowest BCUT2D eigenvalue weighted by molar-refractivity contribution is -0.136. The molecule has 0 bridgehead atoms. The Hall–Kier alpha value is -3.72. The molecule has 1 heterocycles. The van der Waals surface area contributed by atoms with Gasteiger partial charge in [0.1, 0.15) is 5.75 Å². The van der Waals surface area contributed by atoms with Crippen LogP contribution < -0.4 is 4.74 Å². The summed E-state index contributed by atoms with van der Waals surface area (Å²) in [7, 11) is -3.51. The zero-order valence-electron chi connectivity index (χ0n) is 18.1. The Morgan fingerprint density at radius 1 is 0.971 bits per heavy atom. The van der Waals surface area contributed by atoms with E-state index in [2.05, 4.69) is 4.98 Å². The minimum absolute atomic E-state index is 0.0185. The summed E-state index contributed by atoms with van der Waals surface area (Å²) in [5, 5.41) is 0.319. The number of pyridine rings is 1. The summed E-state index contributed by atoms with van der Waals surface area (Å²) >= 11 is 0. The van der Waals surface area contributed by atoms with E-state index in [0.717, 1.165) is 12.3 Å². The summed E-state index contributed by atoms with van der Waals surface area (Å²) in [5.74, 6) is -0.609. The van der Waals surface area contributed by atoms with Crippen LogP contribution in [0.15, 0.2) is 77.8 Å². The van der Waals surface area contributed by atoms with Gasteiger partial charge in [-0.3, -0.25) is 4.98 Å². The molecule has 0 saturated carbocycles. The SMILES string of the molecule is Cc1cnc2c(C(F)(F)F)cccc2c1-c1cccc(OC(=O)c2cccc(S(C)(=O)=O)c2)c1. The average molecular weight is 485 g/mol. The number of ether oxygens (including phenoxy) is 1. The maximum atomic E-state index is 13.5. The van der Waals surface area contributed by atoms with E-state index in [9.17, 15) is 26.4 Å². The Morgan fingerprint density at radius 2 is 1.68 bits per heavy atom. The third-order valence-electron chi connectivity index (χ3n) is 5.22. The molecule has 174 valence electrons. The third-order valence-corrected chi connectivity index (χ3v) is 6.33. The van der Waals surface area contributed by atoms with Gasteiger partial charge in [0.05, 0.1) is 21.5 Å². The molecule has 4 rings (SSSR count). The Morgan fingerprint density at radius 3 is 2.38 bits per heavy atom. The number of rotatable bonds is 4. The van der Waals surface area contributed by atoms with E-state index >= 15 is 0 Å². The minimum atomic E-state index is -4.56. The van der Waals surface area contributed by atoms with E-state index in [0.29, 0.717) is 22.1 Å². The Balaban J connectivity index is 1.74. The van der Waals surface area contributed by atoms with Crippen molar-refractivity contribution in [3.05, 3.63) is 89.6 Å². The van der Waals surface area contributed by atoms with Gasteiger partial charge in [0, 0.05) is 17.8 Å². The van der Waals surface area contributed by atoms with Crippen LogP contribution in [0.25, 0.3) is 22.0 Å². The molecule has 0 amide bonds. The number of sulfone groups is 1. The largest absolute Gasteiger partial charge is 0.423 e. The van der Waals surface area contributed by atoms with Gasteiger partial charge in [-0.05, 0) is 60.0 Å². The van der Waals surface area contributed by atoms with Crippen LogP contribution in [0, 0.1) is 6.92 Å². The third kappa shape index (κ3) is 4.65. The van der Waals surface area contributed by atoms with Crippen molar-refractivity contribution in [3.63, 3.8) is 0 Å². The Labute approximate surface area is 193 Å². The van der Waals surface area contributed by atoms with Crippen molar-refractivity contribution in [1.82, 2.24) is 4.98 Å². The molecule has 0 atom stereocenters. The topological polar surface area (TPSA) is 73.3 Å². The zero-order chi connectivity index (χ0) is 24.7. The highest BCUT2D eigenvalue weighted by Gasteiger charge is 2.33. The number of hydrogen-bond acceptors (Lipinski definition) is 5. The molecule has 0 aliphatic carbocycles. The number of hydrogen-bond donors (Lipinski definition) is 0. The summed E-state index contributed by atoms with van der Waals surface area (Å²) in [4.78, 5) is 16.6. The highest BCUT2D eigenvalue weighted by atomic mass is 32.2. The number of fused-ring (bicyclic) bond motifs is 1. The molecular weight excluding hydrogens is 467 g/mol. The lowest BCUT2D eigenvalue weighted by Crippen LogP contribution is -2.10. The van der Waals surface area contributed by atoms with Gasteiger partial charge in [-0.25, -0.2) is 13.2 Å². The van der Waals surface area contributed by atoms with Gasteiger partial charge in [0.25, 0.3) is 0 Å². The first-order chi connectivity index (χ1) is 15.9. The van der Waals surface area contributed by atoms with Gasteiger partial charge in [0.2, 0.25) is 0 Å². The van der Waals surface area contributed by atoms with Gasteiger partial charge in [-0.2, -0.15) is 13.2 Å². The second-order valence-electron chi connectivity index (χ2n) is 7.73. The number of alkyl halides is 3. The number of benzene rings is 3. The molecule has 5 nitrogen and oxygen atoms in total. The molecule has 0 unspecified atom stereocenters. The van der Waals surface area contributed by atoms with Crippen molar-refractivity contribution in [2.75, 3.05) is 6.26 Å². The van der Waals surface area contributed by atoms with Gasteiger partial charge in [0.15, 0.2) is 9.84 Å². The fourth-order valence-corrected chi connectivity index (χ4v) is 4.34. The molecule has 1 aromatic heterocycles. The molecular formula is C25H18F3NO4S. The van der Waals surface area contributed by atoms with Gasteiger partial charge >= 0.3 is 12.1 Å². The molecule has 9 heteroatoms. The van der Waals surface area contributed by atoms with E-state index in [1.807, 2.05) is 0 Å². The number of nitrogens with zero attached hydrogens (tertiary/aromatic N) is 1. The summed E-state index contributed by atoms with van der Waals surface area (Å²) in [5.41, 5.74) is 0.771. The van der Waals surface area contributed by atoms with Crippen LogP contribution in [0.4, 0.5) is 13.2 Å². The van der Waals surface area contributed by atoms with Crippen molar-refractivity contribution < 1.29 is 31.1 Å². The normalized spacial score (nSPS) is 12.0. The first-order valence-corrected chi connectivity index (χ1v) is 11.9. The number of carbonyl (C=O) groups excluding carboxylic acids is 1. The predicted octanol–water partition coefficient (Wildman–Crippen LogP) is 5.85. The quantitative estimate of drug-likeness (QED) is 0.268. The van der Waals surface area contributed by atoms with Crippen molar-refractivity contribution >= 4 is 26.7 Å².